The third-order valence-corrected chi connectivity index (χ3v) is 5.69. The molecule has 5 heteroatoms. The molecule has 3 aliphatic heterocycles. The first-order valence-electron chi connectivity index (χ1n) is 8.92. The molecule has 5 rings (SSSR count). The van der Waals surface area contributed by atoms with Gasteiger partial charge >= 0.3 is 0 Å². The van der Waals surface area contributed by atoms with Gasteiger partial charge in [0, 0.05) is 43.3 Å². The number of aliphatic imine (C=N–C) groups is 1. The molecule has 0 saturated carbocycles. The number of rotatable bonds is 0. The summed E-state index contributed by atoms with van der Waals surface area (Å²) in [6.45, 7) is 5.14. The van der Waals surface area contributed by atoms with E-state index >= 15 is 0 Å². The Kier molecular flexibility index (Phi) is 3.50. The minimum atomic E-state index is 0.781. The fraction of sp³-hybridized carbons (Fsp3) is 0.350. The Bertz CT molecular complexity index is 868. The van der Waals surface area contributed by atoms with Crippen molar-refractivity contribution >= 4 is 34.5 Å². The first kappa shape index (κ1) is 15.2. The number of benzene rings is 2. The van der Waals surface area contributed by atoms with Crippen LogP contribution in [0.5, 0.6) is 0 Å². The lowest BCUT2D eigenvalue weighted by Crippen LogP contribution is -2.47. The van der Waals surface area contributed by atoms with Crippen LogP contribution in [0.25, 0.3) is 0 Å². The van der Waals surface area contributed by atoms with E-state index in [1.54, 1.807) is 0 Å². The van der Waals surface area contributed by atoms with E-state index in [9.17, 15) is 0 Å². The minimum Gasteiger partial charge on any atom is -0.353 e. The zero-order valence-corrected chi connectivity index (χ0v) is 15.1. The first-order valence-corrected chi connectivity index (χ1v) is 9.30. The normalized spacial score (nSPS) is 19.4. The van der Waals surface area contributed by atoms with Gasteiger partial charge < -0.3 is 14.7 Å². The summed E-state index contributed by atoms with van der Waals surface area (Å²) in [5.41, 5.74) is 6.04. The van der Waals surface area contributed by atoms with Gasteiger partial charge in [-0.25, -0.2) is 4.99 Å². The topological polar surface area (TPSA) is 22.1 Å². The van der Waals surface area contributed by atoms with Gasteiger partial charge in [0.2, 0.25) is 0 Å². The minimum absolute atomic E-state index is 0.781. The number of hydrogen-bond acceptors (Lipinski definition) is 4. The molecule has 0 N–H and O–H groups in total. The van der Waals surface area contributed by atoms with E-state index in [4.69, 9.17) is 16.6 Å². The van der Waals surface area contributed by atoms with Crippen LogP contribution in [-0.2, 0) is 6.42 Å². The van der Waals surface area contributed by atoms with Crippen LogP contribution in [0.2, 0.25) is 5.02 Å². The van der Waals surface area contributed by atoms with Crippen LogP contribution >= 0.6 is 11.6 Å². The third-order valence-electron chi connectivity index (χ3n) is 5.47. The van der Waals surface area contributed by atoms with Gasteiger partial charge in [-0.15, -0.1) is 0 Å². The van der Waals surface area contributed by atoms with Gasteiger partial charge in [-0.1, -0.05) is 23.7 Å². The second-order valence-electron chi connectivity index (χ2n) is 7.08. The van der Waals surface area contributed by atoms with E-state index in [0.717, 1.165) is 55.7 Å². The van der Waals surface area contributed by atoms with E-state index < -0.39 is 0 Å². The molecule has 0 bridgehead atoms. The summed E-state index contributed by atoms with van der Waals surface area (Å²) in [4.78, 5) is 12.4. The number of nitrogens with zero attached hydrogens (tertiary/aromatic N) is 4. The SMILES string of the molecule is CN1CCN(C2=Nc3cc(Cl)cc4c3N(CC4)c3ccccc32)CC1. The predicted molar refractivity (Wildman–Crippen MR) is 104 cm³/mol. The van der Waals surface area contributed by atoms with Crippen LogP contribution in [0.15, 0.2) is 41.4 Å². The van der Waals surface area contributed by atoms with E-state index in [1.807, 2.05) is 6.07 Å². The summed E-state index contributed by atoms with van der Waals surface area (Å²) in [5.74, 6) is 1.09. The fourth-order valence-electron chi connectivity index (χ4n) is 4.14. The zero-order chi connectivity index (χ0) is 17.0. The van der Waals surface area contributed by atoms with Crippen LogP contribution in [0.3, 0.4) is 0 Å². The molecule has 0 aromatic heterocycles. The van der Waals surface area contributed by atoms with Crippen LogP contribution in [0.1, 0.15) is 11.1 Å². The first-order chi connectivity index (χ1) is 12.2. The number of likely N-dealkylation sites (N-methyl/N-ethyl adjacent to an activating group) is 1. The van der Waals surface area contributed by atoms with Crippen molar-refractivity contribution in [3.63, 3.8) is 0 Å². The third kappa shape index (κ3) is 2.43. The van der Waals surface area contributed by atoms with E-state index in [2.05, 4.69) is 52.1 Å². The van der Waals surface area contributed by atoms with E-state index in [-0.39, 0.29) is 0 Å². The van der Waals surface area contributed by atoms with Crippen molar-refractivity contribution in [3.05, 3.63) is 52.5 Å². The Labute approximate surface area is 153 Å². The molecule has 1 saturated heterocycles. The Morgan fingerprint density at radius 1 is 1.00 bits per heavy atom. The van der Waals surface area contributed by atoms with Crippen molar-refractivity contribution in [3.8, 4) is 0 Å². The van der Waals surface area contributed by atoms with Gasteiger partial charge in [-0.05, 0) is 43.3 Å². The maximum absolute atomic E-state index is 6.39. The molecule has 0 aliphatic carbocycles. The highest BCUT2D eigenvalue weighted by Crippen LogP contribution is 2.47. The summed E-state index contributed by atoms with van der Waals surface area (Å²) >= 11 is 6.39. The summed E-state index contributed by atoms with van der Waals surface area (Å²) < 4.78 is 0. The summed E-state index contributed by atoms with van der Waals surface area (Å²) in [7, 11) is 2.18. The lowest BCUT2D eigenvalue weighted by Gasteiger charge is -2.35. The zero-order valence-electron chi connectivity index (χ0n) is 14.4. The van der Waals surface area contributed by atoms with Gasteiger partial charge in [0.15, 0.2) is 0 Å². The number of piperazine rings is 1. The van der Waals surface area contributed by atoms with Crippen LogP contribution < -0.4 is 4.90 Å². The average Bonchev–Trinajstić information content (AvgIpc) is 2.98. The van der Waals surface area contributed by atoms with Crippen LogP contribution in [0.4, 0.5) is 17.1 Å². The van der Waals surface area contributed by atoms with Crippen molar-refractivity contribution in [1.29, 1.82) is 0 Å². The quantitative estimate of drug-likeness (QED) is 0.722. The Morgan fingerprint density at radius 2 is 1.80 bits per heavy atom. The van der Waals surface area contributed by atoms with Crippen molar-refractivity contribution in [2.75, 3.05) is 44.7 Å². The number of halogens is 1. The van der Waals surface area contributed by atoms with Crippen molar-refractivity contribution in [1.82, 2.24) is 9.80 Å². The predicted octanol–water partition coefficient (Wildman–Crippen LogP) is 3.67. The van der Waals surface area contributed by atoms with E-state index in [0.29, 0.717) is 0 Å². The molecule has 128 valence electrons. The molecular formula is C20H21ClN4. The monoisotopic (exact) mass is 352 g/mol. The van der Waals surface area contributed by atoms with E-state index in [1.165, 1.54) is 22.5 Å². The number of anilines is 2. The molecule has 0 unspecified atom stereocenters. The van der Waals surface area contributed by atoms with Gasteiger partial charge in [0.05, 0.1) is 17.1 Å². The summed E-state index contributed by atoms with van der Waals surface area (Å²) in [6, 6.07) is 12.8. The molecule has 1 fully saturated rings. The summed E-state index contributed by atoms with van der Waals surface area (Å²) in [6.07, 6.45) is 1.02. The number of para-hydroxylation sites is 1. The number of hydrogen-bond donors (Lipinski definition) is 0. The molecule has 25 heavy (non-hydrogen) atoms. The average molecular weight is 353 g/mol. The second kappa shape index (κ2) is 5.75. The molecule has 4 nitrogen and oxygen atoms in total. The Morgan fingerprint density at radius 3 is 2.64 bits per heavy atom. The summed E-state index contributed by atoms with van der Waals surface area (Å²) in [5, 5.41) is 0.781. The van der Waals surface area contributed by atoms with Crippen LogP contribution in [-0.4, -0.2) is 55.4 Å². The van der Waals surface area contributed by atoms with Crippen molar-refractivity contribution in [2.45, 2.75) is 6.42 Å². The second-order valence-corrected chi connectivity index (χ2v) is 7.51. The Hall–Kier alpha value is -2.04. The fourth-order valence-corrected chi connectivity index (χ4v) is 4.38. The number of amidine groups is 1. The maximum atomic E-state index is 6.39. The smallest absolute Gasteiger partial charge is 0.138 e. The van der Waals surface area contributed by atoms with Gasteiger partial charge in [0.25, 0.3) is 0 Å². The van der Waals surface area contributed by atoms with Crippen molar-refractivity contribution in [2.24, 2.45) is 4.99 Å². The largest absolute Gasteiger partial charge is 0.353 e. The molecule has 0 atom stereocenters. The number of fused-ring (bicyclic) bond motifs is 2. The standard InChI is InChI=1S/C20H21ClN4/c1-23-8-10-24(11-9-23)20-16-4-2-3-5-18(16)25-7-6-14-12-15(21)13-17(22-20)19(14)25/h2-5,12-13H,6-11H2,1H3. The van der Waals surface area contributed by atoms with Gasteiger partial charge in [0.1, 0.15) is 5.84 Å². The molecule has 3 heterocycles. The highest BCUT2D eigenvalue weighted by atomic mass is 35.5. The molecule has 3 aliphatic rings. The molecular weight excluding hydrogens is 332 g/mol. The lowest BCUT2D eigenvalue weighted by molar-refractivity contribution is 0.216. The maximum Gasteiger partial charge on any atom is 0.138 e. The molecule has 2 aromatic rings. The Balaban J connectivity index is 1.71. The van der Waals surface area contributed by atoms with Crippen molar-refractivity contribution < 1.29 is 0 Å². The highest BCUT2D eigenvalue weighted by Gasteiger charge is 2.31. The molecule has 0 radical (unpaired) electrons. The van der Waals surface area contributed by atoms with Gasteiger partial charge in [-0.3, -0.25) is 0 Å². The lowest BCUT2D eigenvalue weighted by atomic mass is 10.1. The molecule has 0 amide bonds. The highest BCUT2D eigenvalue weighted by molar-refractivity contribution is 6.31. The van der Waals surface area contributed by atoms with Crippen LogP contribution in [0, 0.1) is 0 Å². The van der Waals surface area contributed by atoms with Gasteiger partial charge in [-0.2, -0.15) is 0 Å². The molecule has 2 aromatic carbocycles. The molecule has 0 spiro atoms.